The van der Waals surface area contributed by atoms with Crippen LogP contribution in [0.15, 0.2) is 23.1 Å². The lowest BCUT2D eigenvalue weighted by Gasteiger charge is -2.29. The van der Waals surface area contributed by atoms with Crippen molar-refractivity contribution in [1.82, 2.24) is 14.7 Å². The number of aryl methyl sites for hydroxylation is 2. The van der Waals surface area contributed by atoms with E-state index in [1.165, 1.54) is 23.3 Å². The molecule has 1 fully saturated rings. The zero-order chi connectivity index (χ0) is 19.3. The molecule has 0 radical (unpaired) electrons. The number of amides is 1. The van der Waals surface area contributed by atoms with Gasteiger partial charge in [-0.1, -0.05) is 19.8 Å². The first kappa shape index (κ1) is 17.9. The van der Waals surface area contributed by atoms with Crippen molar-refractivity contribution in [2.45, 2.75) is 64.3 Å². The highest BCUT2D eigenvalue weighted by Gasteiger charge is 2.25. The third-order valence-electron chi connectivity index (χ3n) is 6.43. The highest BCUT2D eigenvalue weighted by Crippen LogP contribution is 2.34. The molecule has 0 unspecified atom stereocenters. The van der Waals surface area contributed by atoms with Crippen molar-refractivity contribution >= 4 is 33.1 Å². The van der Waals surface area contributed by atoms with Crippen LogP contribution in [0.3, 0.4) is 0 Å². The summed E-state index contributed by atoms with van der Waals surface area (Å²) >= 11 is 1.63. The molecule has 6 heteroatoms. The van der Waals surface area contributed by atoms with Crippen molar-refractivity contribution in [2.24, 2.45) is 5.92 Å². The quantitative estimate of drug-likeness (QED) is 0.711. The van der Waals surface area contributed by atoms with Gasteiger partial charge in [-0.15, -0.1) is 11.3 Å². The molecule has 1 N–H and O–H groups in total. The van der Waals surface area contributed by atoms with E-state index in [-0.39, 0.29) is 17.5 Å². The topological polar surface area (TPSA) is 63.5 Å². The molecule has 2 aliphatic carbocycles. The van der Waals surface area contributed by atoms with Gasteiger partial charge in [-0.3, -0.25) is 14.0 Å². The Kier molecular flexibility index (Phi) is 4.46. The van der Waals surface area contributed by atoms with E-state index in [2.05, 4.69) is 12.2 Å². The van der Waals surface area contributed by atoms with E-state index in [0.717, 1.165) is 48.7 Å². The third-order valence-corrected chi connectivity index (χ3v) is 7.62. The number of fused-ring (bicyclic) bond motifs is 4. The molecule has 0 spiro atoms. The number of hydrogen-bond donors (Lipinski definition) is 1. The summed E-state index contributed by atoms with van der Waals surface area (Å²) in [5.41, 5.74) is 2.11. The predicted molar refractivity (Wildman–Crippen MR) is 112 cm³/mol. The Hall–Kier alpha value is -2.21. The van der Waals surface area contributed by atoms with Crippen LogP contribution < -0.4 is 10.9 Å². The largest absolute Gasteiger partial charge is 0.349 e. The molecule has 3 heterocycles. The SMILES string of the molecule is C[C@H]1CCCC[C@H]1NC(=O)c1cccn2c(=O)c3c4c(sc3nc12)CCCC4. The van der Waals surface area contributed by atoms with Crippen LogP contribution in [-0.2, 0) is 12.8 Å². The van der Waals surface area contributed by atoms with Gasteiger partial charge in [0.05, 0.1) is 10.9 Å². The fourth-order valence-electron chi connectivity index (χ4n) is 4.80. The standard InChI is InChI=1S/C22H25N3O2S/c1-13-7-2-4-10-16(13)23-20(26)15-9-6-12-25-19(15)24-21-18(22(25)27)14-8-3-5-11-17(14)28-21/h6,9,12-13,16H,2-5,7-8,10-11H2,1H3,(H,23,26)/t13-,16+/m0/s1. The lowest BCUT2D eigenvalue weighted by molar-refractivity contribution is 0.0911. The van der Waals surface area contributed by atoms with Gasteiger partial charge in [0.1, 0.15) is 4.83 Å². The molecule has 28 heavy (non-hydrogen) atoms. The number of thiophene rings is 1. The number of nitrogens with one attached hydrogen (secondary N) is 1. The molecule has 5 nitrogen and oxygen atoms in total. The number of rotatable bonds is 2. The summed E-state index contributed by atoms with van der Waals surface area (Å²) in [5.74, 6) is 0.364. The van der Waals surface area contributed by atoms with E-state index in [1.54, 1.807) is 34.1 Å². The van der Waals surface area contributed by atoms with Crippen LogP contribution in [0.25, 0.3) is 15.9 Å². The van der Waals surface area contributed by atoms with Crippen LogP contribution >= 0.6 is 11.3 Å². The van der Waals surface area contributed by atoms with Crippen LogP contribution in [-0.4, -0.2) is 21.3 Å². The van der Waals surface area contributed by atoms with Crippen molar-refractivity contribution < 1.29 is 4.79 Å². The first-order valence-corrected chi connectivity index (χ1v) is 11.2. The number of carbonyl (C=O) groups is 1. The van der Waals surface area contributed by atoms with Crippen LogP contribution in [0.4, 0.5) is 0 Å². The maximum Gasteiger partial charge on any atom is 0.266 e. The van der Waals surface area contributed by atoms with Crippen LogP contribution in [0, 0.1) is 5.92 Å². The Morgan fingerprint density at radius 3 is 2.89 bits per heavy atom. The molecule has 2 atom stereocenters. The molecular weight excluding hydrogens is 370 g/mol. The van der Waals surface area contributed by atoms with E-state index in [0.29, 0.717) is 17.1 Å². The van der Waals surface area contributed by atoms with Gasteiger partial charge in [0.2, 0.25) is 0 Å². The average molecular weight is 396 g/mol. The second kappa shape index (κ2) is 6.99. The molecule has 1 amide bonds. The second-order valence-corrected chi connectivity index (χ2v) is 9.35. The van der Waals surface area contributed by atoms with Crippen LogP contribution in [0.1, 0.15) is 66.2 Å². The molecule has 146 valence electrons. The first-order valence-electron chi connectivity index (χ1n) is 10.4. The zero-order valence-corrected chi connectivity index (χ0v) is 17.0. The van der Waals surface area contributed by atoms with Gasteiger partial charge in [-0.2, -0.15) is 0 Å². The lowest BCUT2D eigenvalue weighted by atomic mass is 9.86. The summed E-state index contributed by atoms with van der Waals surface area (Å²) in [7, 11) is 0. The summed E-state index contributed by atoms with van der Waals surface area (Å²) in [5, 5.41) is 3.96. The minimum atomic E-state index is -0.121. The maximum atomic E-state index is 13.2. The molecule has 0 bridgehead atoms. The summed E-state index contributed by atoms with van der Waals surface area (Å²) < 4.78 is 1.56. The minimum absolute atomic E-state index is 0.0416. The van der Waals surface area contributed by atoms with Crippen LogP contribution in [0.5, 0.6) is 0 Å². The van der Waals surface area contributed by atoms with Crippen molar-refractivity contribution in [3.63, 3.8) is 0 Å². The molecule has 1 saturated carbocycles. The van der Waals surface area contributed by atoms with Crippen LogP contribution in [0.2, 0.25) is 0 Å². The minimum Gasteiger partial charge on any atom is -0.349 e. The summed E-state index contributed by atoms with van der Waals surface area (Å²) in [4.78, 5) is 33.2. The highest BCUT2D eigenvalue weighted by atomic mass is 32.1. The summed E-state index contributed by atoms with van der Waals surface area (Å²) in [6.45, 7) is 2.20. The maximum absolute atomic E-state index is 13.2. The molecule has 0 aromatic carbocycles. The van der Waals surface area contributed by atoms with E-state index in [9.17, 15) is 9.59 Å². The Labute approximate surface area is 167 Å². The summed E-state index contributed by atoms with van der Waals surface area (Å²) in [6.07, 6.45) is 10.6. The predicted octanol–water partition coefficient (Wildman–Crippen LogP) is 4.10. The fraction of sp³-hybridized carbons (Fsp3) is 0.500. The number of hydrogen-bond acceptors (Lipinski definition) is 4. The Balaban J connectivity index is 1.61. The van der Waals surface area contributed by atoms with E-state index in [1.807, 2.05) is 0 Å². The van der Waals surface area contributed by atoms with Gasteiger partial charge >= 0.3 is 0 Å². The molecular formula is C22H25N3O2S. The number of carbonyl (C=O) groups excluding carboxylic acids is 1. The highest BCUT2D eigenvalue weighted by molar-refractivity contribution is 7.18. The molecule has 3 aromatic rings. The lowest BCUT2D eigenvalue weighted by Crippen LogP contribution is -2.41. The van der Waals surface area contributed by atoms with Gasteiger partial charge in [0.15, 0.2) is 5.65 Å². The molecule has 0 saturated heterocycles. The van der Waals surface area contributed by atoms with E-state index in [4.69, 9.17) is 4.98 Å². The number of nitrogens with zero attached hydrogens (tertiary/aromatic N) is 2. The molecule has 0 aliphatic heterocycles. The van der Waals surface area contributed by atoms with Gasteiger partial charge < -0.3 is 5.32 Å². The van der Waals surface area contributed by atoms with E-state index < -0.39 is 0 Å². The Morgan fingerprint density at radius 2 is 2.04 bits per heavy atom. The van der Waals surface area contributed by atoms with Gasteiger partial charge in [-0.05, 0) is 62.1 Å². The number of aromatic nitrogens is 2. The Morgan fingerprint density at radius 1 is 1.21 bits per heavy atom. The molecule has 2 aliphatic rings. The Bertz CT molecular complexity index is 1130. The molecule has 5 rings (SSSR count). The third kappa shape index (κ3) is 2.85. The second-order valence-electron chi connectivity index (χ2n) is 8.27. The summed E-state index contributed by atoms with van der Waals surface area (Å²) in [6, 6.07) is 3.76. The van der Waals surface area contributed by atoms with E-state index >= 15 is 0 Å². The van der Waals surface area contributed by atoms with Crippen molar-refractivity contribution in [3.8, 4) is 0 Å². The van der Waals surface area contributed by atoms with Crippen molar-refractivity contribution in [2.75, 3.05) is 0 Å². The van der Waals surface area contributed by atoms with Gasteiger partial charge in [0, 0.05) is 17.1 Å². The van der Waals surface area contributed by atoms with Crippen molar-refractivity contribution in [3.05, 3.63) is 44.7 Å². The monoisotopic (exact) mass is 395 g/mol. The average Bonchev–Trinajstić information content (AvgIpc) is 3.08. The first-order chi connectivity index (χ1) is 13.6. The zero-order valence-electron chi connectivity index (χ0n) is 16.2. The van der Waals surface area contributed by atoms with Crippen molar-refractivity contribution in [1.29, 1.82) is 0 Å². The fourth-order valence-corrected chi connectivity index (χ4v) is 6.05. The molecule has 3 aromatic heterocycles. The number of pyridine rings is 1. The van der Waals surface area contributed by atoms with Gasteiger partial charge in [-0.25, -0.2) is 4.98 Å². The smallest absolute Gasteiger partial charge is 0.266 e. The van der Waals surface area contributed by atoms with Gasteiger partial charge in [0.25, 0.3) is 11.5 Å². The normalized spacial score (nSPS) is 22.3.